The van der Waals surface area contributed by atoms with Crippen LogP contribution in [0.2, 0.25) is 0 Å². The molecule has 1 aliphatic heterocycles. The van der Waals surface area contributed by atoms with Crippen molar-refractivity contribution in [1.82, 2.24) is 9.80 Å². The number of piperazine rings is 1. The lowest BCUT2D eigenvalue weighted by atomic mass is 9.58. The van der Waals surface area contributed by atoms with Crippen molar-refractivity contribution >= 4 is 5.91 Å². The lowest BCUT2D eigenvalue weighted by Crippen LogP contribution is -2.62. The molecule has 2 N–H and O–H groups in total. The van der Waals surface area contributed by atoms with Gasteiger partial charge in [0.1, 0.15) is 0 Å². The van der Waals surface area contributed by atoms with Crippen LogP contribution in [0.4, 0.5) is 0 Å². The molecule has 0 aromatic carbocycles. The van der Waals surface area contributed by atoms with E-state index in [0.717, 1.165) is 0 Å². The molecule has 2 atom stereocenters. The minimum atomic E-state index is -2.58. The molecule has 2 aliphatic rings. The van der Waals surface area contributed by atoms with Gasteiger partial charge in [0.2, 0.25) is 5.91 Å². The van der Waals surface area contributed by atoms with Gasteiger partial charge in [0.25, 0.3) is 0 Å². The Morgan fingerprint density at radius 2 is 1.94 bits per heavy atom. The lowest BCUT2D eigenvalue weighted by Gasteiger charge is -2.51. The molecule has 2 fully saturated rings. The van der Waals surface area contributed by atoms with Crippen LogP contribution in [-0.2, 0) is 4.79 Å². The Balaban J connectivity index is 1.99. The third kappa shape index (κ3) is 2.28. The molecular weight excluding hydrogens is 226 g/mol. The Hall–Kier alpha value is -0.610. The third-order valence-corrected chi connectivity index (χ3v) is 4.63. The Morgan fingerprint density at radius 1 is 1.33 bits per heavy atom. The first-order valence-corrected chi connectivity index (χ1v) is 6.54. The molecule has 104 valence electrons. The van der Waals surface area contributed by atoms with E-state index >= 15 is 0 Å². The van der Waals surface area contributed by atoms with Crippen LogP contribution >= 0.6 is 0 Å². The van der Waals surface area contributed by atoms with Crippen LogP contribution in [0.15, 0.2) is 0 Å². The van der Waals surface area contributed by atoms with Crippen molar-refractivity contribution in [3.63, 3.8) is 0 Å². The van der Waals surface area contributed by atoms with E-state index in [0.29, 0.717) is 19.5 Å². The maximum absolute atomic E-state index is 12.6. The van der Waals surface area contributed by atoms with E-state index in [9.17, 15) is 4.79 Å². The highest BCUT2D eigenvalue weighted by Crippen LogP contribution is 2.45. The highest BCUT2D eigenvalue weighted by atomic mass is 16.2. The molecule has 1 amide bonds. The second-order valence-corrected chi connectivity index (χ2v) is 5.98. The molecule has 0 aromatic heterocycles. The number of amides is 1. The molecule has 1 saturated carbocycles. The average molecular weight is 259 g/mol. The molecule has 2 rings (SSSR count). The molecule has 0 spiro atoms. The van der Waals surface area contributed by atoms with Gasteiger partial charge >= 0.3 is 0 Å². The number of nitrogens with zero attached hydrogens (tertiary/aromatic N) is 2. The van der Waals surface area contributed by atoms with Gasteiger partial charge in [-0.05, 0) is 25.5 Å². The van der Waals surface area contributed by atoms with Gasteiger partial charge < -0.3 is 10.6 Å². The van der Waals surface area contributed by atoms with Gasteiger partial charge in [0.05, 0.1) is 0 Å². The molecule has 1 heterocycles. The van der Waals surface area contributed by atoms with Gasteiger partial charge in [-0.25, -0.2) is 0 Å². The maximum atomic E-state index is 12.6. The lowest BCUT2D eigenvalue weighted by molar-refractivity contribution is -0.149. The van der Waals surface area contributed by atoms with Crippen molar-refractivity contribution in [3.8, 4) is 0 Å². The van der Waals surface area contributed by atoms with Crippen molar-refractivity contribution in [2.24, 2.45) is 17.1 Å². The van der Waals surface area contributed by atoms with Gasteiger partial charge in [0, 0.05) is 52.4 Å². The first-order chi connectivity index (χ1) is 10.8. The number of hydrogen-bond donors (Lipinski definition) is 1. The summed E-state index contributed by atoms with van der Waals surface area (Å²) >= 11 is 0. The van der Waals surface area contributed by atoms with Crippen LogP contribution in [-0.4, -0.2) is 54.0 Å². The quantitative estimate of drug-likeness (QED) is 0.802. The van der Waals surface area contributed by atoms with Crippen molar-refractivity contribution in [1.29, 1.82) is 0 Å². The van der Waals surface area contributed by atoms with E-state index in [-0.39, 0.29) is 36.4 Å². The average Bonchev–Trinajstić information content (AvgIpc) is 2.41. The molecule has 1 aliphatic carbocycles. The number of carbonyl (C=O) groups is 1. The molecular formula is C14H27N3O. The zero-order chi connectivity index (χ0) is 18.5. The fourth-order valence-corrected chi connectivity index (χ4v) is 2.80. The normalized spacial score (nSPS) is 38.8. The molecule has 4 nitrogen and oxygen atoms in total. The first-order valence-electron chi connectivity index (χ1n) is 9.54. The van der Waals surface area contributed by atoms with Crippen LogP contribution in [0.5, 0.6) is 0 Å². The predicted molar refractivity (Wildman–Crippen MR) is 73.2 cm³/mol. The van der Waals surface area contributed by atoms with Crippen LogP contribution in [0.3, 0.4) is 0 Å². The maximum Gasteiger partial charge on any atom is 0.226 e. The van der Waals surface area contributed by atoms with Gasteiger partial charge in [-0.1, -0.05) is 13.8 Å². The summed E-state index contributed by atoms with van der Waals surface area (Å²) in [6.07, 6.45) is 0.666. The van der Waals surface area contributed by atoms with E-state index in [4.69, 9.17) is 14.0 Å². The third-order valence-electron chi connectivity index (χ3n) is 4.63. The highest BCUT2D eigenvalue weighted by molar-refractivity contribution is 5.81. The Kier molecular flexibility index (Phi) is 2.10. The van der Waals surface area contributed by atoms with Crippen LogP contribution < -0.4 is 5.73 Å². The summed E-state index contributed by atoms with van der Waals surface area (Å²) in [6.45, 7) is 0.0181. The molecule has 0 unspecified atom stereocenters. The predicted octanol–water partition coefficient (Wildman–Crippen LogP) is 0.912. The Morgan fingerprint density at radius 3 is 2.39 bits per heavy atom. The number of rotatable bonds is 2. The molecule has 1 saturated heterocycles. The van der Waals surface area contributed by atoms with Crippen molar-refractivity contribution in [2.45, 2.75) is 46.1 Å². The largest absolute Gasteiger partial charge is 0.340 e. The van der Waals surface area contributed by atoms with Gasteiger partial charge in [-0.3, -0.25) is 9.69 Å². The second-order valence-electron chi connectivity index (χ2n) is 5.98. The van der Waals surface area contributed by atoms with Crippen molar-refractivity contribution in [2.75, 3.05) is 26.2 Å². The summed E-state index contributed by atoms with van der Waals surface area (Å²) < 4.78 is 45.2. The minimum absolute atomic E-state index is 0.0169. The van der Waals surface area contributed by atoms with Crippen LogP contribution in [0.1, 0.15) is 42.2 Å². The van der Waals surface area contributed by atoms with Gasteiger partial charge in [-0.15, -0.1) is 0 Å². The first kappa shape index (κ1) is 7.85. The van der Waals surface area contributed by atoms with E-state index in [1.807, 2.05) is 13.8 Å². The summed E-state index contributed by atoms with van der Waals surface area (Å²) in [5.41, 5.74) is 5.74. The smallest absolute Gasteiger partial charge is 0.226 e. The summed E-state index contributed by atoms with van der Waals surface area (Å²) in [5, 5.41) is 0. The number of nitrogens with two attached hydrogens (primary N) is 1. The van der Waals surface area contributed by atoms with Crippen LogP contribution in [0, 0.1) is 11.3 Å². The van der Waals surface area contributed by atoms with Crippen molar-refractivity contribution < 1.29 is 13.0 Å². The van der Waals surface area contributed by atoms with E-state index < -0.39 is 19.7 Å². The van der Waals surface area contributed by atoms with Crippen LogP contribution in [0.25, 0.3) is 0 Å². The number of carbonyl (C=O) groups excluding carboxylic acids is 1. The summed E-state index contributed by atoms with van der Waals surface area (Å²) in [6, 6.07) is -1.47. The second kappa shape index (κ2) is 4.82. The molecule has 18 heavy (non-hydrogen) atoms. The zero-order valence-electron chi connectivity index (χ0n) is 17.1. The minimum Gasteiger partial charge on any atom is -0.340 e. The highest BCUT2D eigenvalue weighted by Gasteiger charge is 2.51. The van der Waals surface area contributed by atoms with E-state index in [2.05, 4.69) is 0 Å². The molecule has 0 bridgehead atoms. The number of hydrogen-bond acceptors (Lipinski definition) is 3. The summed E-state index contributed by atoms with van der Waals surface area (Å²) in [5.74, 6) is -0.0688. The van der Waals surface area contributed by atoms with E-state index in [1.54, 1.807) is 4.90 Å². The van der Waals surface area contributed by atoms with E-state index in [1.165, 1.54) is 4.90 Å². The summed E-state index contributed by atoms with van der Waals surface area (Å²) in [4.78, 5) is 15.8. The topological polar surface area (TPSA) is 49.6 Å². The monoisotopic (exact) mass is 259 g/mol. The molecule has 0 aromatic rings. The van der Waals surface area contributed by atoms with Gasteiger partial charge in [0.15, 0.2) is 0 Å². The Bertz CT molecular complexity index is 468. The SMILES string of the molecule is [2H]C([2H])([2H])C(N1CCN(C(=O)[C@H]2C[C@@H](N)C2(C)C)CC1)C([2H])([2H])[2H]. The molecule has 4 heteroatoms. The fourth-order valence-electron chi connectivity index (χ4n) is 2.80. The van der Waals surface area contributed by atoms with Gasteiger partial charge in [-0.2, -0.15) is 0 Å². The summed E-state index contributed by atoms with van der Waals surface area (Å²) in [7, 11) is 0. The zero-order valence-corrected chi connectivity index (χ0v) is 11.1. The Labute approximate surface area is 119 Å². The molecule has 0 radical (unpaired) electrons. The fraction of sp³-hybridized carbons (Fsp3) is 0.929. The standard InChI is InChI=1S/C14H27N3O/c1-10(2)16-5-7-17(8-6-16)13(18)11-9-12(15)14(11,3)4/h10-12H,5-9,15H2,1-4H3/t11-,12-/m1/s1/i1D3,2D3. The van der Waals surface area contributed by atoms with Crippen molar-refractivity contribution in [3.05, 3.63) is 0 Å².